The Balaban J connectivity index is 3.07. The lowest BCUT2D eigenvalue weighted by Gasteiger charge is -2.04. The summed E-state index contributed by atoms with van der Waals surface area (Å²) < 4.78 is 0. The summed E-state index contributed by atoms with van der Waals surface area (Å²) in [7, 11) is 0. The van der Waals surface area contributed by atoms with Crippen molar-refractivity contribution in [3.8, 4) is 0 Å². The van der Waals surface area contributed by atoms with Gasteiger partial charge in [-0.3, -0.25) is 5.26 Å². The molecule has 8 heavy (non-hydrogen) atoms. The quantitative estimate of drug-likeness (QED) is 0.274. The molecule has 0 aliphatic heterocycles. The molecule has 0 radical (unpaired) electrons. The van der Waals surface area contributed by atoms with E-state index in [0.29, 0.717) is 0 Å². The van der Waals surface area contributed by atoms with Crippen LogP contribution in [0, 0.1) is 0 Å². The zero-order chi connectivity index (χ0) is 6.41. The van der Waals surface area contributed by atoms with E-state index in [9.17, 15) is 0 Å². The SMILES string of the molecule is OOCC(OO)OO. The normalized spacial score (nSPS) is 10.5. The van der Waals surface area contributed by atoms with Crippen LogP contribution in [0.15, 0.2) is 0 Å². The van der Waals surface area contributed by atoms with Gasteiger partial charge in [0.05, 0.1) is 0 Å². The lowest BCUT2D eigenvalue weighted by Crippen LogP contribution is -2.19. The molecule has 0 amide bonds. The minimum atomic E-state index is -1.36. The van der Waals surface area contributed by atoms with Crippen molar-refractivity contribution in [3.63, 3.8) is 0 Å². The van der Waals surface area contributed by atoms with E-state index in [4.69, 9.17) is 15.8 Å². The first-order valence-corrected chi connectivity index (χ1v) is 1.72. The van der Waals surface area contributed by atoms with Crippen LogP contribution in [0.25, 0.3) is 0 Å². The topological polar surface area (TPSA) is 88.4 Å². The van der Waals surface area contributed by atoms with Crippen molar-refractivity contribution >= 4 is 0 Å². The molecule has 6 nitrogen and oxygen atoms in total. The third-order valence-electron chi connectivity index (χ3n) is 0.446. The highest BCUT2D eigenvalue weighted by Gasteiger charge is 2.07. The maximum absolute atomic E-state index is 7.68. The van der Waals surface area contributed by atoms with Gasteiger partial charge in [0.2, 0.25) is 6.29 Å². The Bertz CT molecular complexity index is 41.8. The number of hydrogen-bond donors (Lipinski definition) is 3. The van der Waals surface area contributed by atoms with Crippen LogP contribution in [0.5, 0.6) is 0 Å². The predicted octanol–water partition coefficient (Wildman–Crippen LogP) is -0.219. The molecule has 50 valence electrons. The van der Waals surface area contributed by atoms with Crippen LogP contribution in [-0.4, -0.2) is 28.7 Å². The molecule has 3 N–H and O–H groups in total. The molecule has 0 atom stereocenters. The van der Waals surface area contributed by atoms with Crippen molar-refractivity contribution in [1.82, 2.24) is 0 Å². The molecular weight excluding hydrogens is 120 g/mol. The van der Waals surface area contributed by atoms with Crippen molar-refractivity contribution in [1.29, 1.82) is 0 Å². The lowest BCUT2D eigenvalue weighted by atomic mass is 10.7. The average Bonchev–Trinajstić information content (AvgIpc) is 1.83. The summed E-state index contributed by atoms with van der Waals surface area (Å²) in [6.45, 7) is -0.465. The fraction of sp³-hybridized carbons (Fsp3) is 1.00. The molecule has 0 saturated heterocycles. The Morgan fingerprint density at radius 3 is 1.75 bits per heavy atom. The fourth-order valence-corrected chi connectivity index (χ4v) is 0.141. The van der Waals surface area contributed by atoms with Gasteiger partial charge in [0.15, 0.2) is 0 Å². The highest BCUT2D eigenvalue weighted by atomic mass is 17.2. The van der Waals surface area contributed by atoms with Crippen molar-refractivity contribution in [3.05, 3.63) is 0 Å². The Labute approximate surface area is 44.6 Å². The van der Waals surface area contributed by atoms with Crippen molar-refractivity contribution < 1.29 is 30.4 Å². The monoisotopic (exact) mass is 126 g/mol. The van der Waals surface area contributed by atoms with E-state index >= 15 is 0 Å². The summed E-state index contributed by atoms with van der Waals surface area (Å²) in [5.41, 5.74) is 0. The summed E-state index contributed by atoms with van der Waals surface area (Å²) >= 11 is 0. The average molecular weight is 126 g/mol. The van der Waals surface area contributed by atoms with Gasteiger partial charge in [0, 0.05) is 0 Å². The first kappa shape index (κ1) is 7.76. The number of hydrogen-bond acceptors (Lipinski definition) is 6. The molecular formula is C2H6O6. The number of rotatable bonds is 4. The standard InChI is InChI=1S/C2H6O6/c3-6-1-2(7-4)8-5/h2-5H,1H2. The first-order valence-electron chi connectivity index (χ1n) is 1.72. The van der Waals surface area contributed by atoms with Gasteiger partial charge < -0.3 is 0 Å². The molecule has 0 bridgehead atoms. The van der Waals surface area contributed by atoms with E-state index in [0.717, 1.165) is 0 Å². The van der Waals surface area contributed by atoms with Gasteiger partial charge in [-0.2, -0.15) is 0 Å². The van der Waals surface area contributed by atoms with E-state index in [1.807, 2.05) is 0 Å². The maximum Gasteiger partial charge on any atom is 0.249 e. The Hall–Kier alpha value is -0.240. The molecule has 0 unspecified atom stereocenters. The van der Waals surface area contributed by atoms with Crippen LogP contribution in [0.3, 0.4) is 0 Å². The molecule has 0 aromatic heterocycles. The van der Waals surface area contributed by atoms with Gasteiger partial charge in [-0.25, -0.2) is 25.2 Å². The Morgan fingerprint density at radius 1 is 1.12 bits per heavy atom. The van der Waals surface area contributed by atoms with Crippen molar-refractivity contribution in [2.75, 3.05) is 6.61 Å². The summed E-state index contributed by atoms with van der Waals surface area (Å²) in [5.74, 6) is 0. The fourth-order valence-electron chi connectivity index (χ4n) is 0.141. The highest BCUT2D eigenvalue weighted by molar-refractivity contribution is 4.27. The predicted molar refractivity (Wildman–Crippen MR) is 19.8 cm³/mol. The zero-order valence-electron chi connectivity index (χ0n) is 3.85. The van der Waals surface area contributed by atoms with E-state index in [1.54, 1.807) is 0 Å². The van der Waals surface area contributed by atoms with Crippen LogP contribution in [-0.2, 0) is 14.7 Å². The van der Waals surface area contributed by atoms with Crippen molar-refractivity contribution in [2.45, 2.75) is 6.29 Å². The molecule has 0 aromatic rings. The molecule has 6 heteroatoms. The molecule has 0 aromatic carbocycles. The van der Waals surface area contributed by atoms with Gasteiger partial charge in [-0.15, -0.1) is 0 Å². The smallest absolute Gasteiger partial charge is 0.249 e. The van der Waals surface area contributed by atoms with Gasteiger partial charge in [0.1, 0.15) is 6.61 Å². The van der Waals surface area contributed by atoms with E-state index in [-0.39, 0.29) is 0 Å². The van der Waals surface area contributed by atoms with E-state index < -0.39 is 12.9 Å². The highest BCUT2D eigenvalue weighted by Crippen LogP contribution is 1.87. The molecule has 0 aliphatic carbocycles. The Morgan fingerprint density at radius 2 is 1.62 bits per heavy atom. The minimum absolute atomic E-state index is 0.465. The van der Waals surface area contributed by atoms with Gasteiger partial charge in [-0.1, -0.05) is 0 Å². The second kappa shape index (κ2) is 4.91. The van der Waals surface area contributed by atoms with Crippen molar-refractivity contribution in [2.24, 2.45) is 0 Å². The molecule has 0 spiro atoms. The molecule has 0 heterocycles. The summed E-state index contributed by atoms with van der Waals surface area (Å²) in [6, 6.07) is 0. The third kappa shape index (κ3) is 2.86. The van der Waals surface area contributed by atoms with Crippen LogP contribution >= 0.6 is 0 Å². The van der Waals surface area contributed by atoms with Crippen LogP contribution in [0.2, 0.25) is 0 Å². The maximum atomic E-state index is 7.68. The van der Waals surface area contributed by atoms with Crippen LogP contribution in [0.1, 0.15) is 0 Å². The second-order valence-corrected chi connectivity index (χ2v) is 0.936. The van der Waals surface area contributed by atoms with E-state index in [1.165, 1.54) is 0 Å². The summed E-state index contributed by atoms with van der Waals surface area (Å²) in [6.07, 6.45) is -1.36. The molecule has 0 aliphatic rings. The minimum Gasteiger partial charge on any atom is -0.252 e. The Kier molecular flexibility index (Phi) is 4.76. The second-order valence-electron chi connectivity index (χ2n) is 0.936. The van der Waals surface area contributed by atoms with Crippen LogP contribution < -0.4 is 0 Å². The third-order valence-corrected chi connectivity index (χ3v) is 0.446. The molecule has 0 saturated carbocycles. The van der Waals surface area contributed by atoms with Gasteiger partial charge >= 0.3 is 0 Å². The molecule has 0 fully saturated rings. The zero-order valence-corrected chi connectivity index (χ0v) is 3.85. The summed E-state index contributed by atoms with van der Waals surface area (Å²) in [5, 5.41) is 23.0. The van der Waals surface area contributed by atoms with Crippen LogP contribution in [0.4, 0.5) is 0 Å². The van der Waals surface area contributed by atoms with E-state index in [2.05, 4.69) is 14.7 Å². The lowest BCUT2D eigenvalue weighted by molar-refractivity contribution is -0.452. The summed E-state index contributed by atoms with van der Waals surface area (Å²) in [4.78, 5) is 10.2. The van der Waals surface area contributed by atoms with Gasteiger partial charge in [-0.05, 0) is 0 Å². The van der Waals surface area contributed by atoms with Gasteiger partial charge in [0.25, 0.3) is 0 Å². The molecule has 0 rings (SSSR count). The largest absolute Gasteiger partial charge is 0.252 e. The first-order chi connectivity index (χ1) is 3.85.